The lowest BCUT2D eigenvalue weighted by atomic mass is 9.98. The lowest BCUT2D eigenvalue weighted by Gasteiger charge is -2.43. The maximum absolute atomic E-state index is 13.2. The van der Waals surface area contributed by atoms with E-state index >= 15 is 0 Å². The molecule has 0 spiro atoms. The van der Waals surface area contributed by atoms with Crippen LogP contribution in [0, 0.1) is 0 Å². The number of nitrogen functional groups attached to an aromatic ring is 1. The van der Waals surface area contributed by atoms with E-state index in [1.807, 2.05) is 33.4 Å². The molecule has 20 heteroatoms. The number of oxime groups is 1. The molecule has 42 heavy (non-hydrogen) atoms. The van der Waals surface area contributed by atoms with Crippen molar-refractivity contribution < 1.29 is 41.8 Å². The molecule has 1 saturated carbocycles. The number of amides is 2. The van der Waals surface area contributed by atoms with Crippen molar-refractivity contribution >= 4 is 50.3 Å². The fourth-order valence-electron chi connectivity index (χ4n) is 3.86. The second-order valence-electron chi connectivity index (χ2n) is 10.6. The first-order chi connectivity index (χ1) is 19.6. The van der Waals surface area contributed by atoms with Crippen molar-refractivity contribution in [2.75, 3.05) is 33.4 Å². The first kappa shape index (κ1) is 31.0. The van der Waals surface area contributed by atoms with Crippen LogP contribution in [0.25, 0.3) is 0 Å². The van der Waals surface area contributed by atoms with Crippen LogP contribution in [0.15, 0.2) is 29.0 Å². The average molecular weight is 628 g/mol. The summed E-state index contributed by atoms with van der Waals surface area (Å²) in [5, 5.41) is 28.4. The summed E-state index contributed by atoms with van der Waals surface area (Å²) in [6.45, 7) is 0.615. The molecule has 2 aromatic heterocycles. The number of carboxylic acid groups (broad SMARTS) is 1. The average Bonchev–Trinajstić information content (AvgIpc) is 3.35. The molecule has 1 saturated heterocycles. The molecule has 2 amide bonds. The van der Waals surface area contributed by atoms with Crippen LogP contribution >= 0.6 is 11.3 Å². The van der Waals surface area contributed by atoms with E-state index in [1.165, 1.54) is 11.6 Å². The molecule has 0 unspecified atom stereocenters. The van der Waals surface area contributed by atoms with E-state index in [-0.39, 0.29) is 34.5 Å². The van der Waals surface area contributed by atoms with Crippen molar-refractivity contribution in [2.24, 2.45) is 5.16 Å². The Morgan fingerprint density at radius 2 is 2.07 bits per heavy atom. The van der Waals surface area contributed by atoms with E-state index in [4.69, 9.17) is 10.6 Å². The number of hydrogen-bond acceptors (Lipinski definition) is 13. The third-order valence-corrected chi connectivity index (χ3v) is 7.77. The van der Waals surface area contributed by atoms with Crippen molar-refractivity contribution in [1.82, 2.24) is 34.9 Å². The van der Waals surface area contributed by atoms with Crippen LogP contribution in [0.2, 0.25) is 0 Å². The molecule has 6 N–H and O–H groups in total. The van der Waals surface area contributed by atoms with Crippen molar-refractivity contribution in [3.63, 3.8) is 0 Å². The quantitative estimate of drug-likeness (QED) is 0.0387. The SMILES string of the molecule is C[N+](C)(C)/C=C/CNCc1cnn(C[C@@H]2[C@H](NC(=O)/C(=N\OC3(C(=O)O)CC3)c3csc(N)n3)C(=O)N2S(=O)(=O)O)n1. The second kappa shape index (κ2) is 11.7. The highest BCUT2D eigenvalue weighted by Crippen LogP contribution is 2.40. The van der Waals surface area contributed by atoms with Crippen LogP contribution in [0.4, 0.5) is 5.13 Å². The predicted molar refractivity (Wildman–Crippen MR) is 147 cm³/mol. The van der Waals surface area contributed by atoms with E-state index in [9.17, 15) is 32.5 Å². The summed E-state index contributed by atoms with van der Waals surface area (Å²) in [4.78, 5) is 47.7. The molecule has 228 valence electrons. The van der Waals surface area contributed by atoms with Crippen LogP contribution in [0.5, 0.6) is 0 Å². The summed E-state index contributed by atoms with van der Waals surface area (Å²) < 4.78 is 34.4. The largest absolute Gasteiger partial charge is 0.478 e. The highest BCUT2D eigenvalue weighted by Gasteiger charge is 2.56. The Bertz CT molecular complexity index is 1520. The molecule has 2 aliphatic rings. The van der Waals surface area contributed by atoms with Gasteiger partial charge in [0.05, 0.1) is 45.8 Å². The molecule has 1 aliphatic carbocycles. The molecule has 2 fully saturated rings. The van der Waals surface area contributed by atoms with E-state index in [2.05, 4.69) is 31.0 Å². The fourth-order valence-corrected chi connectivity index (χ4v) is 5.28. The molecular formula is C22H31N10O8S2+. The number of anilines is 1. The van der Waals surface area contributed by atoms with Gasteiger partial charge >= 0.3 is 16.3 Å². The summed E-state index contributed by atoms with van der Waals surface area (Å²) in [5.74, 6) is -3.39. The smallest absolute Gasteiger partial charge is 0.362 e. The van der Waals surface area contributed by atoms with Gasteiger partial charge in [-0.15, -0.1) is 11.3 Å². The number of nitrogens with one attached hydrogen (secondary N) is 2. The number of thiazole rings is 1. The van der Waals surface area contributed by atoms with Gasteiger partial charge in [-0.25, -0.2) is 14.1 Å². The summed E-state index contributed by atoms with van der Waals surface area (Å²) in [6.07, 6.45) is 5.75. The van der Waals surface area contributed by atoms with Gasteiger partial charge in [0, 0.05) is 31.3 Å². The van der Waals surface area contributed by atoms with Gasteiger partial charge in [-0.3, -0.25) is 14.1 Å². The molecule has 18 nitrogen and oxygen atoms in total. The Balaban J connectivity index is 1.47. The number of carbonyl (C=O) groups excluding carboxylic acids is 2. The van der Waals surface area contributed by atoms with Gasteiger partial charge in [-0.05, 0) is 6.08 Å². The van der Waals surface area contributed by atoms with Crippen molar-refractivity contribution in [3.8, 4) is 0 Å². The lowest BCUT2D eigenvalue weighted by molar-refractivity contribution is -0.817. The molecule has 0 aromatic carbocycles. The third kappa shape index (κ3) is 7.26. The molecule has 2 aromatic rings. The van der Waals surface area contributed by atoms with Crippen LogP contribution in [0.3, 0.4) is 0 Å². The number of quaternary nitrogens is 1. The molecule has 3 heterocycles. The molecule has 1 aliphatic heterocycles. The Morgan fingerprint density at radius 3 is 2.64 bits per heavy atom. The van der Waals surface area contributed by atoms with Gasteiger partial charge in [-0.1, -0.05) is 5.16 Å². The maximum atomic E-state index is 13.2. The monoisotopic (exact) mass is 627 g/mol. The molecule has 0 bridgehead atoms. The van der Waals surface area contributed by atoms with E-state index in [0.29, 0.717) is 23.3 Å². The summed E-state index contributed by atoms with van der Waals surface area (Å²) >= 11 is 0.979. The summed E-state index contributed by atoms with van der Waals surface area (Å²) in [5.41, 5.74) is 4.09. The topological polar surface area (TPSA) is 244 Å². The Morgan fingerprint density at radius 1 is 1.36 bits per heavy atom. The predicted octanol–water partition coefficient (Wildman–Crippen LogP) is -1.84. The lowest BCUT2D eigenvalue weighted by Crippen LogP contribution is -2.73. The van der Waals surface area contributed by atoms with Gasteiger partial charge in [0.15, 0.2) is 10.8 Å². The number of aromatic nitrogens is 4. The van der Waals surface area contributed by atoms with E-state index < -0.39 is 51.5 Å². The molecule has 0 radical (unpaired) electrons. The van der Waals surface area contributed by atoms with E-state index in [1.54, 1.807) is 0 Å². The standard InChI is InChI=1S/C22H30N10O8S2/c1-32(2,3)8-4-7-24-9-13-10-25-30(28-13)11-15-17(19(34)31(15)42(37,38)39)27-18(33)16(14-12-41-21(23)26-14)29-40-22(5-6-22)20(35)36/h4,8,10,12,15,17,24H,5-7,9,11H2,1-3H3,(H4-,23,26,27,33,35,36,37,38,39)/p+1/b8-4+,29-16-/t15-,17+/m1/s1. The Kier molecular flexibility index (Phi) is 8.64. The zero-order valence-corrected chi connectivity index (χ0v) is 24.5. The number of aliphatic carboxylic acids is 1. The molecule has 2 atom stereocenters. The minimum absolute atomic E-state index is 0.0478. The highest BCUT2D eigenvalue weighted by molar-refractivity contribution is 7.84. The molecule has 4 rings (SSSR count). The first-order valence-electron chi connectivity index (χ1n) is 12.5. The van der Waals surface area contributed by atoms with Crippen molar-refractivity contribution in [2.45, 2.75) is 43.6 Å². The minimum atomic E-state index is -4.98. The highest BCUT2D eigenvalue weighted by atomic mass is 32.2. The number of carboxylic acids is 1. The van der Waals surface area contributed by atoms with Crippen molar-refractivity contribution in [1.29, 1.82) is 0 Å². The van der Waals surface area contributed by atoms with Crippen LogP contribution in [-0.2, 0) is 42.6 Å². The Labute approximate surface area is 244 Å². The van der Waals surface area contributed by atoms with Gasteiger partial charge in [0.1, 0.15) is 17.8 Å². The van der Waals surface area contributed by atoms with Crippen LogP contribution in [0.1, 0.15) is 24.2 Å². The third-order valence-electron chi connectivity index (χ3n) is 6.14. The van der Waals surface area contributed by atoms with Gasteiger partial charge in [0.2, 0.25) is 5.60 Å². The second-order valence-corrected chi connectivity index (χ2v) is 12.7. The number of nitrogens with two attached hydrogens (primary N) is 1. The maximum Gasteiger partial charge on any atom is 0.362 e. The van der Waals surface area contributed by atoms with E-state index in [0.717, 1.165) is 16.1 Å². The van der Waals surface area contributed by atoms with Gasteiger partial charge in [0.25, 0.3) is 11.8 Å². The first-order valence-corrected chi connectivity index (χ1v) is 14.8. The van der Waals surface area contributed by atoms with Crippen LogP contribution in [-0.4, -0.2) is 116 Å². The normalized spacial score (nSPS) is 20.4. The number of β-lactam (4-membered cyclic amide) rings is 1. The zero-order chi connectivity index (χ0) is 30.9. The minimum Gasteiger partial charge on any atom is -0.478 e. The number of hydrogen-bond donors (Lipinski definition) is 5. The Hall–Kier alpha value is -3.98. The number of carbonyl (C=O) groups is 3. The number of nitrogens with zero attached hydrogens (tertiary/aromatic N) is 7. The van der Waals surface area contributed by atoms with Gasteiger partial charge in [-0.2, -0.15) is 23.4 Å². The van der Waals surface area contributed by atoms with Crippen LogP contribution < -0.4 is 16.4 Å². The van der Waals surface area contributed by atoms with Gasteiger partial charge < -0.3 is 30.8 Å². The summed E-state index contributed by atoms with van der Waals surface area (Å²) in [6, 6.07) is -2.74. The fraction of sp³-hybridized carbons (Fsp3) is 0.500. The zero-order valence-electron chi connectivity index (χ0n) is 22.9. The summed E-state index contributed by atoms with van der Waals surface area (Å²) in [7, 11) is 1.05. The van der Waals surface area contributed by atoms with Crippen molar-refractivity contribution in [3.05, 3.63) is 35.2 Å². The molecular weight excluding hydrogens is 596 g/mol. The number of rotatable bonds is 14.